The molecule has 18 heavy (non-hydrogen) atoms. The third-order valence-electron chi connectivity index (χ3n) is 2.20. The van der Waals surface area contributed by atoms with Crippen LogP contribution in [0.25, 0.3) is 6.08 Å². The van der Waals surface area contributed by atoms with Crippen molar-refractivity contribution >= 4 is 65.5 Å². The highest BCUT2D eigenvalue weighted by atomic mass is 79.9. The maximum Gasteiger partial charge on any atom is 0.333 e. The van der Waals surface area contributed by atoms with Crippen LogP contribution >= 0.6 is 47.8 Å². The molecule has 3 nitrogen and oxygen atoms in total. The summed E-state index contributed by atoms with van der Waals surface area (Å²) in [4.78, 5) is 11.6. The van der Waals surface area contributed by atoms with Gasteiger partial charge in [-0.1, -0.05) is 15.9 Å². The topological polar surface area (TPSA) is 52.3 Å². The van der Waals surface area contributed by atoms with Gasteiger partial charge in [0.15, 0.2) is 0 Å². The number of carbonyl (C=O) groups excluding carboxylic acids is 1. The zero-order chi connectivity index (χ0) is 13.9. The maximum atomic E-state index is 11.6. The van der Waals surface area contributed by atoms with Crippen LogP contribution in [0.5, 0.6) is 0 Å². The SMILES string of the molecule is CCOC(=O)C(C)=Cc1c(Br)cc(Br)c(N)c1Br. The molecule has 1 aromatic carbocycles. The number of rotatable bonds is 3. The van der Waals surface area contributed by atoms with Gasteiger partial charge in [-0.2, -0.15) is 0 Å². The van der Waals surface area contributed by atoms with E-state index in [-0.39, 0.29) is 5.97 Å². The van der Waals surface area contributed by atoms with Gasteiger partial charge in [-0.3, -0.25) is 0 Å². The van der Waals surface area contributed by atoms with Gasteiger partial charge in [0.25, 0.3) is 0 Å². The van der Waals surface area contributed by atoms with Gasteiger partial charge in [-0.25, -0.2) is 4.79 Å². The van der Waals surface area contributed by atoms with Gasteiger partial charge in [0.1, 0.15) is 0 Å². The van der Waals surface area contributed by atoms with Gasteiger partial charge >= 0.3 is 5.97 Å². The van der Waals surface area contributed by atoms with Crippen molar-refractivity contribution in [3.63, 3.8) is 0 Å². The number of nitrogen functional groups attached to an aromatic ring is 1. The normalized spacial score (nSPS) is 11.5. The Morgan fingerprint density at radius 3 is 2.56 bits per heavy atom. The van der Waals surface area contributed by atoms with Crippen LogP contribution in [0, 0.1) is 0 Å². The summed E-state index contributed by atoms with van der Waals surface area (Å²) in [6.45, 7) is 3.83. The maximum absolute atomic E-state index is 11.6. The van der Waals surface area contributed by atoms with Gasteiger partial charge in [0, 0.05) is 24.6 Å². The predicted octanol–water partition coefficient (Wildman–Crippen LogP) is 4.52. The summed E-state index contributed by atoms with van der Waals surface area (Å²) in [6, 6.07) is 1.84. The molecule has 0 fully saturated rings. The van der Waals surface area contributed by atoms with Crippen LogP contribution in [-0.2, 0) is 9.53 Å². The molecule has 0 atom stereocenters. The highest BCUT2D eigenvalue weighted by Gasteiger charge is 2.12. The lowest BCUT2D eigenvalue weighted by atomic mass is 10.1. The van der Waals surface area contributed by atoms with Gasteiger partial charge in [0.05, 0.1) is 12.3 Å². The molecule has 98 valence electrons. The number of hydrogen-bond donors (Lipinski definition) is 1. The molecule has 2 N–H and O–H groups in total. The summed E-state index contributed by atoms with van der Waals surface area (Å²) in [5, 5.41) is 0. The van der Waals surface area contributed by atoms with E-state index in [0.29, 0.717) is 17.9 Å². The minimum atomic E-state index is -0.335. The first kappa shape index (κ1) is 15.7. The highest BCUT2D eigenvalue weighted by Crippen LogP contribution is 2.37. The van der Waals surface area contributed by atoms with Gasteiger partial charge in [-0.05, 0) is 57.8 Å². The van der Waals surface area contributed by atoms with Crippen molar-refractivity contribution in [2.45, 2.75) is 13.8 Å². The summed E-state index contributed by atoms with van der Waals surface area (Å²) in [7, 11) is 0. The average molecular weight is 442 g/mol. The first-order chi connectivity index (χ1) is 8.38. The molecule has 0 saturated heterocycles. The number of anilines is 1. The molecular formula is C12H12Br3NO2. The Hall–Kier alpha value is -0.330. The van der Waals surface area contributed by atoms with E-state index >= 15 is 0 Å². The summed E-state index contributed by atoms with van der Waals surface area (Å²) >= 11 is 10.2. The van der Waals surface area contributed by atoms with Crippen molar-refractivity contribution < 1.29 is 9.53 Å². The lowest BCUT2D eigenvalue weighted by molar-refractivity contribution is -0.138. The van der Waals surface area contributed by atoms with Crippen molar-refractivity contribution in [2.75, 3.05) is 12.3 Å². The average Bonchev–Trinajstić information content (AvgIpc) is 2.32. The largest absolute Gasteiger partial charge is 0.463 e. The van der Waals surface area contributed by atoms with E-state index in [1.807, 2.05) is 6.07 Å². The number of carbonyl (C=O) groups is 1. The predicted molar refractivity (Wildman–Crippen MR) is 84.2 cm³/mol. The van der Waals surface area contributed by atoms with Crippen molar-refractivity contribution in [2.24, 2.45) is 0 Å². The molecule has 0 aromatic heterocycles. The third kappa shape index (κ3) is 3.59. The summed E-state index contributed by atoms with van der Waals surface area (Å²) in [5.41, 5.74) is 7.81. The molecule has 6 heteroatoms. The summed E-state index contributed by atoms with van der Waals surface area (Å²) in [6.07, 6.45) is 1.73. The van der Waals surface area contributed by atoms with Crippen LogP contribution in [-0.4, -0.2) is 12.6 Å². The molecule has 0 unspecified atom stereocenters. The standard InChI is InChI=1S/C12H12Br3NO2/c1-3-18-12(17)6(2)4-7-8(13)5-9(14)11(16)10(7)15/h4-5H,3,16H2,1-2H3. The number of nitrogens with two attached hydrogens (primary N) is 1. The van der Waals surface area contributed by atoms with Crippen molar-refractivity contribution in [1.29, 1.82) is 0 Å². The molecule has 0 bridgehead atoms. The smallest absolute Gasteiger partial charge is 0.333 e. The Balaban J connectivity index is 3.23. The van der Waals surface area contributed by atoms with Gasteiger partial charge in [0.2, 0.25) is 0 Å². The number of benzene rings is 1. The number of esters is 1. The second-order valence-corrected chi connectivity index (χ2v) is 6.03. The fraction of sp³-hybridized carbons (Fsp3) is 0.250. The molecule has 1 aromatic rings. The van der Waals surface area contributed by atoms with Crippen LogP contribution in [0.4, 0.5) is 5.69 Å². The Kier molecular flexibility index (Phi) is 5.88. The second-order valence-electron chi connectivity index (χ2n) is 3.53. The van der Waals surface area contributed by atoms with Crippen LogP contribution in [0.2, 0.25) is 0 Å². The van der Waals surface area contributed by atoms with E-state index in [9.17, 15) is 4.79 Å². The molecular weight excluding hydrogens is 430 g/mol. The van der Waals surface area contributed by atoms with E-state index in [1.54, 1.807) is 19.9 Å². The fourth-order valence-corrected chi connectivity index (χ4v) is 3.62. The molecule has 0 saturated carbocycles. The molecule has 0 amide bonds. The lowest BCUT2D eigenvalue weighted by Crippen LogP contribution is -2.05. The lowest BCUT2D eigenvalue weighted by Gasteiger charge is -2.09. The molecule has 1 rings (SSSR count). The van der Waals surface area contributed by atoms with Crippen LogP contribution < -0.4 is 5.73 Å². The van der Waals surface area contributed by atoms with E-state index in [0.717, 1.165) is 19.0 Å². The van der Waals surface area contributed by atoms with Crippen molar-refractivity contribution in [1.82, 2.24) is 0 Å². The zero-order valence-electron chi connectivity index (χ0n) is 9.89. The first-order valence-corrected chi connectivity index (χ1v) is 7.54. The minimum Gasteiger partial charge on any atom is -0.463 e. The van der Waals surface area contributed by atoms with E-state index in [2.05, 4.69) is 47.8 Å². The minimum absolute atomic E-state index is 0.335. The molecule has 0 aliphatic heterocycles. The fourth-order valence-electron chi connectivity index (χ4n) is 1.27. The Labute approximate surface area is 131 Å². The highest BCUT2D eigenvalue weighted by molar-refractivity contribution is 9.11. The first-order valence-electron chi connectivity index (χ1n) is 5.16. The molecule has 0 aliphatic carbocycles. The monoisotopic (exact) mass is 439 g/mol. The number of hydrogen-bond acceptors (Lipinski definition) is 3. The van der Waals surface area contributed by atoms with E-state index in [4.69, 9.17) is 10.5 Å². The van der Waals surface area contributed by atoms with E-state index in [1.165, 1.54) is 0 Å². The number of halogens is 3. The summed E-state index contributed by atoms with van der Waals surface area (Å²) < 4.78 is 7.28. The Morgan fingerprint density at radius 2 is 2.00 bits per heavy atom. The van der Waals surface area contributed by atoms with Gasteiger partial charge < -0.3 is 10.5 Å². The van der Waals surface area contributed by atoms with E-state index < -0.39 is 0 Å². The Bertz CT molecular complexity index is 513. The molecule has 0 radical (unpaired) electrons. The quantitative estimate of drug-likeness (QED) is 0.426. The molecule has 0 aliphatic rings. The van der Waals surface area contributed by atoms with Crippen LogP contribution in [0.1, 0.15) is 19.4 Å². The second kappa shape index (κ2) is 6.73. The summed E-state index contributed by atoms with van der Waals surface area (Å²) in [5.74, 6) is -0.335. The Morgan fingerprint density at radius 1 is 1.39 bits per heavy atom. The van der Waals surface area contributed by atoms with Crippen LogP contribution in [0.15, 0.2) is 25.1 Å². The van der Waals surface area contributed by atoms with Crippen LogP contribution in [0.3, 0.4) is 0 Å². The van der Waals surface area contributed by atoms with Crippen molar-refractivity contribution in [3.05, 3.63) is 30.6 Å². The third-order valence-corrected chi connectivity index (χ3v) is 4.37. The molecule has 0 heterocycles. The van der Waals surface area contributed by atoms with Gasteiger partial charge in [-0.15, -0.1) is 0 Å². The molecule has 0 spiro atoms. The number of ether oxygens (including phenoxy) is 1. The zero-order valence-corrected chi connectivity index (χ0v) is 14.6. The van der Waals surface area contributed by atoms with Crippen molar-refractivity contribution in [3.8, 4) is 0 Å².